The van der Waals surface area contributed by atoms with Gasteiger partial charge in [0.2, 0.25) is 5.95 Å². The second-order valence-electron chi connectivity index (χ2n) is 5.88. The number of nitrogens with zero attached hydrogens (tertiary/aromatic N) is 4. The van der Waals surface area contributed by atoms with Crippen molar-refractivity contribution in [2.24, 2.45) is 0 Å². The van der Waals surface area contributed by atoms with Crippen LogP contribution < -0.4 is 4.90 Å². The summed E-state index contributed by atoms with van der Waals surface area (Å²) < 4.78 is 0. The molecule has 1 aliphatic carbocycles. The largest absolute Gasteiger partial charge is 0.465 e. The van der Waals surface area contributed by atoms with Gasteiger partial charge in [-0.3, -0.25) is 0 Å². The van der Waals surface area contributed by atoms with Crippen molar-refractivity contribution in [2.75, 3.05) is 18.0 Å². The predicted octanol–water partition coefficient (Wildman–Crippen LogP) is 1.93. The standard InChI is InChI=1S/C14H20N4O2/c1-9-8-18(14(19)20)10(2)7-17(9)13-15-5-12(6-16-13)11-3-4-11/h5-6,9-11H,3-4,7-8H2,1-2H3,(H,19,20)/t9-,10+/m0/s1. The molecular formula is C14H20N4O2. The summed E-state index contributed by atoms with van der Waals surface area (Å²) in [7, 11) is 0. The number of anilines is 1. The molecule has 6 heteroatoms. The first-order chi connectivity index (χ1) is 9.56. The Morgan fingerprint density at radius 1 is 1.20 bits per heavy atom. The number of amides is 1. The Morgan fingerprint density at radius 2 is 1.85 bits per heavy atom. The molecule has 1 aliphatic heterocycles. The van der Waals surface area contributed by atoms with Crippen LogP contribution >= 0.6 is 0 Å². The third kappa shape index (κ3) is 2.42. The monoisotopic (exact) mass is 276 g/mol. The smallest absolute Gasteiger partial charge is 0.407 e. The molecule has 0 aromatic carbocycles. The van der Waals surface area contributed by atoms with Crippen LogP contribution in [0.3, 0.4) is 0 Å². The van der Waals surface area contributed by atoms with E-state index in [1.54, 1.807) is 0 Å². The molecule has 1 aromatic rings. The minimum absolute atomic E-state index is 0.0459. The van der Waals surface area contributed by atoms with Gasteiger partial charge in [-0.25, -0.2) is 14.8 Å². The van der Waals surface area contributed by atoms with E-state index in [2.05, 4.69) is 14.9 Å². The molecule has 0 unspecified atom stereocenters. The van der Waals surface area contributed by atoms with Crippen LogP contribution in [0.25, 0.3) is 0 Å². The fourth-order valence-corrected chi connectivity index (χ4v) is 2.78. The highest BCUT2D eigenvalue weighted by atomic mass is 16.4. The van der Waals surface area contributed by atoms with E-state index in [4.69, 9.17) is 5.11 Å². The molecule has 1 aromatic heterocycles. The van der Waals surface area contributed by atoms with Crippen molar-refractivity contribution in [1.82, 2.24) is 14.9 Å². The highest BCUT2D eigenvalue weighted by molar-refractivity contribution is 5.66. The third-order valence-corrected chi connectivity index (χ3v) is 4.20. The average Bonchev–Trinajstić information content (AvgIpc) is 3.25. The van der Waals surface area contributed by atoms with E-state index in [0.29, 0.717) is 25.0 Å². The first-order valence-corrected chi connectivity index (χ1v) is 7.14. The van der Waals surface area contributed by atoms with Crippen LogP contribution in [0.1, 0.15) is 38.2 Å². The second-order valence-corrected chi connectivity index (χ2v) is 5.88. The lowest BCUT2D eigenvalue weighted by atomic mass is 10.1. The molecule has 6 nitrogen and oxygen atoms in total. The summed E-state index contributed by atoms with van der Waals surface area (Å²) >= 11 is 0. The maximum absolute atomic E-state index is 11.2. The quantitative estimate of drug-likeness (QED) is 0.893. The van der Waals surface area contributed by atoms with Gasteiger partial charge < -0.3 is 14.9 Å². The third-order valence-electron chi connectivity index (χ3n) is 4.20. The van der Waals surface area contributed by atoms with Crippen LogP contribution in [0.2, 0.25) is 0 Å². The van der Waals surface area contributed by atoms with Gasteiger partial charge in [0.1, 0.15) is 0 Å². The van der Waals surface area contributed by atoms with Gasteiger partial charge in [-0.15, -0.1) is 0 Å². The lowest BCUT2D eigenvalue weighted by Gasteiger charge is -2.42. The Balaban J connectivity index is 1.74. The van der Waals surface area contributed by atoms with E-state index in [9.17, 15) is 4.79 Å². The molecule has 1 N–H and O–H groups in total. The predicted molar refractivity (Wildman–Crippen MR) is 75.0 cm³/mol. The number of carbonyl (C=O) groups is 1. The Hall–Kier alpha value is -1.85. The molecule has 108 valence electrons. The van der Waals surface area contributed by atoms with Gasteiger partial charge in [0.25, 0.3) is 0 Å². The van der Waals surface area contributed by atoms with E-state index < -0.39 is 6.09 Å². The van der Waals surface area contributed by atoms with Crippen molar-refractivity contribution in [3.8, 4) is 0 Å². The Morgan fingerprint density at radius 3 is 2.40 bits per heavy atom. The Bertz CT molecular complexity index is 500. The van der Waals surface area contributed by atoms with Gasteiger partial charge in [0.15, 0.2) is 0 Å². The zero-order valence-corrected chi connectivity index (χ0v) is 11.9. The number of hydrogen-bond acceptors (Lipinski definition) is 4. The number of carboxylic acid groups (broad SMARTS) is 1. The summed E-state index contributed by atoms with van der Waals surface area (Å²) in [6, 6.07) is 0.0458. The second kappa shape index (κ2) is 4.92. The topological polar surface area (TPSA) is 69.6 Å². The van der Waals surface area contributed by atoms with E-state index in [0.717, 1.165) is 0 Å². The highest BCUT2D eigenvalue weighted by Gasteiger charge is 2.33. The Labute approximate surface area is 118 Å². The van der Waals surface area contributed by atoms with E-state index in [1.807, 2.05) is 26.2 Å². The van der Waals surface area contributed by atoms with E-state index >= 15 is 0 Å². The van der Waals surface area contributed by atoms with E-state index in [-0.39, 0.29) is 12.1 Å². The summed E-state index contributed by atoms with van der Waals surface area (Å²) in [4.78, 5) is 23.7. The Kier molecular flexibility index (Phi) is 3.23. The van der Waals surface area contributed by atoms with Gasteiger partial charge in [-0.1, -0.05) is 0 Å². The van der Waals surface area contributed by atoms with Crippen LogP contribution in [0, 0.1) is 0 Å². The van der Waals surface area contributed by atoms with Crippen molar-refractivity contribution < 1.29 is 9.90 Å². The van der Waals surface area contributed by atoms with Crippen LogP contribution in [0.15, 0.2) is 12.4 Å². The van der Waals surface area contributed by atoms with Crippen LogP contribution in [0.5, 0.6) is 0 Å². The molecule has 2 aliphatic rings. The molecule has 1 saturated carbocycles. The fourth-order valence-electron chi connectivity index (χ4n) is 2.78. The minimum atomic E-state index is -0.853. The summed E-state index contributed by atoms with van der Waals surface area (Å²) in [5.74, 6) is 1.36. The molecule has 0 spiro atoms. The molecule has 1 saturated heterocycles. The zero-order valence-electron chi connectivity index (χ0n) is 11.9. The van der Waals surface area contributed by atoms with Gasteiger partial charge in [0, 0.05) is 37.6 Å². The number of hydrogen-bond donors (Lipinski definition) is 1. The molecule has 1 amide bonds. The van der Waals surface area contributed by atoms with E-state index in [1.165, 1.54) is 23.3 Å². The highest BCUT2D eigenvalue weighted by Crippen LogP contribution is 2.39. The van der Waals surface area contributed by atoms with Gasteiger partial charge in [-0.05, 0) is 38.2 Å². The van der Waals surface area contributed by atoms with Gasteiger partial charge in [0.05, 0.1) is 0 Å². The van der Waals surface area contributed by atoms with Gasteiger partial charge >= 0.3 is 6.09 Å². The molecule has 20 heavy (non-hydrogen) atoms. The minimum Gasteiger partial charge on any atom is -0.465 e. The zero-order chi connectivity index (χ0) is 14.3. The SMILES string of the molecule is C[C@@H]1CN(c2ncc(C3CC3)cn2)[C@@H](C)CN1C(=O)O. The molecule has 0 radical (unpaired) electrons. The molecule has 0 bridgehead atoms. The summed E-state index contributed by atoms with van der Waals surface area (Å²) in [5, 5.41) is 9.16. The average molecular weight is 276 g/mol. The number of piperazine rings is 1. The molecule has 2 fully saturated rings. The number of rotatable bonds is 2. The molecule has 3 rings (SSSR count). The van der Waals surface area contributed by atoms with Gasteiger partial charge in [-0.2, -0.15) is 0 Å². The first-order valence-electron chi connectivity index (χ1n) is 7.14. The number of aromatic nitrogens is 2. The van der Waals surface area contributed by atoms with Crippen molar-refractivity contribution in [3.05, 3.63) is 18.0 Å². The summed E-state index contributed by atoms with van der Waals surface area (Å²) in [6.45, 7) is 5.06. The van der Waals surface area contributed by atoms with Crippen molar-refractivity contribution in [2.45, 2.75) is 44.7 Å². The first kappa shape index (κ1) is 13.1. The fraction of sp³-hybridized carbons (Fsp3) is 0.643. The normalized spacial score (nSPS) is 26.7. The summed E-state index contributed by atoms with van der Waals surface area (Å²) in [5.41, 5.74) is 1.22. The van der Waals surface area contributed by atoms with Crippen LogP contribution in [-0.2, 0) is 0 Å². The lowest BCUT2D eigenvalue weighted by molar-refractivity contribution is 0.114. The van der Waals surface area contributed by atoms with Crippen molar-refractivity contribution in [1.29, 1.82) is 0 Å². The van der Waals surface area contributed by atoms with Crippen LogP contribution in [-0.4, -0.2) is 51.2 Å². The molecular weight excluding hydrogens is 256 g/mol. The lowest BCUT2D eigenvalue weighted by Crippen LogP contribution is -2.58. The van der Waals surface area contributed by atoms with Crippen molar-refractivity contribution >= 4 is 12.0 Å². The molecule has 2 atom stereocenters. The summed E-state index contributed by atoms with van der Waals surface area (Å²) in [6.07, 6.45) is 5.47. The van der Waals surface area contributed by atoms with Crippen molar-refractivity contribution in [3.63, 3.8) is 0 Å². The maximum Gasteiger partial charge on any atom is 0.407 e. The van der Waals surface area contributed by atoms with Crippen LogP contribution in [0.4, 0.5) is 10.7 Å². The molecule has 2 heterocycles. The maximum atomic E-state index is 11.2.